The van der Waals surface area contributed by atoms with Crippen molar-refractivity contribution in [3.05, 3.63) is 149 Å². The Morgan fingerprint density at radius 2 is 1.53 bits per heavy atom. The lowest BCUT2D eigenvalue weighted by molar-refractivity contribution is -0.645. The van der Waals surface area contributed by atoms with Crippen LogP contribution in [0.25, 0.3) is 11.1 Å². The molecule has 0 bridgehead atoms. The van der Waals surface area contributed by atoms with E-state index in [0.29, 0.717) is 60.8 Å². The largest absolute Gasteiger partial charge is 0.618 e. The van der Waals surface area contributed by atoms with Crippen molar-refractivity contribution in [3.8, 4) is 11.1 Å². The number of aromatic nitrogens is 1. The van der Waals surface area contributed by atoms with Gasteiger partial charge in [-0.2, -0.15) is 4.73 Å². The Balaban J connectivity index is 1.05. The van der Waals surface area contributed by atoms with Crippen LogP contribution in [0.1, 0.15) is 66.8 Å². The SMILES string of the molecule is Nc1ccccc1NC(=O)CCCCC(=O)NCc1ccccc1-c1ccc([C@H]2O[C@@H](CSc3cccc[n+]3[O-])C[C@@H](c3ccc(CO)cc3)O2)cc1. The van der Waals surface area contributed by atoms with Crippen molar-refractivity contribution in [2.24, 2.45) is 0 Å². The minimum Gasteiger partial charge on any atom is -0.618 e. The summed E-state index contributed by atoms with van der Waals surface area (Å²) < 4.78 is 13.9. The van der Waals surface area contributed by atoms with Crippen LogP contribution in [-0.4, -0.2) is 28.8 Å². The Labute approximate surface area is 313 Å². The van der Waals surface area contributed by atoms with Gasteiger partial charge in [-0.15, -0.1) is 0 Å². The van der Waals surface area contributed by atoms with Crippen LogP contribution in [0.2, 0.25) is 0 Å². The number of carbonyl (C=O) groups excluding carboxylic acids is 2. The maximum Gasteiger partial charge on any atom is 0.251 e. The number of nitrogens with one attached hydrogen (secondary N) is 2. The van der Waals surface area contributed by atoms with E-state index in [1.807, 2.05) is 91.0 Å². The summed E-state index contributed by atoms with van der Waals surface area (Å²) >= 11 is 1.46. The molecule has 1 aliphatic heterocycles. The molecule has 1 aliphatic rings. The van der Waals surface area contributed by atoms with Crippen LogP contribution in [-0.2, 0) is 32.2 Å². The van der Waals surface area contributed by atoms with Crippen LogP contribution in [0.5, 0.6) is 0 Å². The molecular formula is C42H44N4O6S. The topological polar surface area (TPSA) is 150 Å². The van der Waals surface area contributed by atoms with Gasteiger partial charge in [0, 0.05) is 49.3 Å². The fraction of sp³-hybridized carbons (Fsp3) is 0.262. The Morgan fingerprint density at radius 3 is 2.28 bits per heavy atom. The van der Waals surface area contributed by atoms with Gasteiger partial charge in [0.05, 0.1) is 30.2 Å². The Hall–Kier alpha value is -5.20. The van der Waals surface area contributed by atoms with Crippen molar-refractivity contribution in [3.63, 3.8) is 0 Å². The van der Waals surface area contributed by atoms with Crippen molar-refractivity contribution < 1.29 is 28.9 Å². The number of anilines is 2. The molecule has 0 unspecified atom stereocenters. The highest BCUT2D eigenvalue weighted by Gasteiger charge is 2.32. The number of rotatable bonds is 15. The molecule has 0 radical (unpaired) electrons. The minimum atomic E-state index is -0.627. The fourth-order valence-electron chi connectivity index (χ4n) is 6.18. The minimum absolute atomic E-state index is 0.0289. The highest BCUT2D eigenvalue weighted by atomic mass is 32.2. The number of unbranched alkanes of at least 4 members (excludes halogenated alkanes) is 1. The molecule has 1 fully saturated rings. The highest BCUT2D eigenvalue weighted by molar-refractivity contribution is 7.99. The van der Waals surface area contributed by atoms with Crippen LogP contribution in [0.4, 0.5) is 11.4 Å². The predicted octanol–water partition coefficient (Wildman–Crippen LogP) is 7.21. The Kier molecular flexibility index (Phi) is 13.1. The molecule has 4 aromatic carbocycles. The Bertz CT molecular complexity index is 1970. The summed E-state index contributed by atoms with van der Waals surface area (Å²) in [7, 11) is 0. The molecule has 2 heterocycles. The number of aliphatic hydroxyl groups excluding tert-OH is 1. The van der Waals surface area contributed by atoms with E-state index in [9.17, 15) is 19.9 Å². The summed E-state index contributed by atoms with van der Waals surface area (Å²) in [6.45, 7) is 0.346. The first-order valence-corrected chi connectivity index (χ1v) is 18.8. The van der Waals surface area contributed by atoms with Gasteiger partial charge in [0.2, 0.25) is 11.8 Å². The van der Waals surface area contributed by atoms with Crippen molar-refractivity contribution >= 4 is 35.0 Å². The van der Waals surface area contributed by atoms with E-state index < -0.39 is 6.29 Å². The number of nitrogens with zero attached hydrogens (tertiary/aromatic N) is 1. The first kappa shape index (κ1) is 37.6. The predicted molar refractivity (Wildman–Crippen MR) is 206 cm³/mol. The molecule has 0 spiro atoms. The van der Waals surface area contributed by atoms with Crippen LogP contribution < -0.4 is 21.1 Å². The molecule has 3 atom stereocenters. The number of ether oxygens (including phenoxy) is 2. The number of pyridine rings is 1. The van der Waals surface area contributed by atoms with E-state index in [-0.39, 0.29) is 30.6 Å². The zero-order valence-electron chi connectivity index (χ0n) is 29.4. The normalized spacial score (nSPS) is 16.9. The molecule has 10 nitrogen and oxygen atoms in total. The quantitative estimate of drug-likeness (QED) is 0.0290. The standard InChI is InChI=1S/C42H44N4O6S/c43-36-11-3-4-12-37(36)45-40(49)14-6-5-13-39(48)44-26-33-9-1-2-10-35(33)30-20-22-32(23-21-30)42-51-34(28-53-41-15-7-8-24-46(41)50)25-38(52-42)31-18-16-29(27-47)17-19-31/h1-4,7-12,15-24,34,38,42,47H,5-6,13-14,25-28,43H2,(H,44,48)(H,45,49)/t34-,38+,42+/m1/s1. The molecule has 0 aliphatic carbocycles. The molecule has 5 aromatic rings. The summed E-state index contributed by atoms with van der Waals surface area (Å²) in [6, 6.07) is 36.3. The van der Waals surface area contributed by atoms with Gasteiger partial charge in [-0.25, -0.2) is 0 Å². The molecule has 0 saturated carbocycles. The number of para-hydroxylation sites is 2. The third-order valence-corrected chi connectivity index (χ3v) is 10.3. The lowest BCUT2D eigenvalue weighted by Crippen LogP contribution is -2.32. The number of amides is 2. The summed E-state index contributed by atoms with van der Waals surface area (Å²) in [5.41, 5.74) is 12.7. The van der Waals surface area contributed by atoms with Gasteiger partial charge in [-0.1, -0.05) is 96.7 Å². The zero-order chi connectivity index (χ0) is 37.0. The van der Waals surface area contributed by atoms with Crippen LogP contribution in [0.3, 0.4) is 0 Å². The van der Waals surface area contributed by atoms with Crippen LogP contribution >= 0.6 is 11.8 Å². The summed E-state index contributed by atoms with van der Waals surface area (Å²) in [6.07, 6.45) is 2.88. The molecule has 6 rings (SSSR count). The van der Waals surface area contributed by atoms with Crippen molar-refractivity contribution in [1.29, 1.82) is 0 Å². The maximum absolute atomic E-state index is 12.7. The highest BCUT2D eigenvalue weighted by Crippen LogP contribution is 2.40. The van der Waals surface area contributed by atoms with Gasteiger partial charge in [-0.3, -0.25) is 9.59 Å². The molecule has 1 saturated heterocycles. The monoisotopic (exact) mass is 732 g/mol. The molecule has 11 heteroatoms. The third-order valence-electron chi connectivity index (χ3n) is 9.10. The van der Waals surface area contributed by atoms with Crippen LogP contribution in [0, 0.1) is 5.21 Å². The van der Waals surface area contributed by atoms with Gasteiger partial charge in [0.25, 0.3) is 5.03 Å². The first-order chi connectivity index (χ1) is 25.9. The molecular weight excluding hydrogens is 689 g/mol. The smallest absolute Gasteiger partial charge is 0.251 e. The third kappa shape index (κ3) is 10.5. The summed E-state index contributed by atoms with van der Waals surface area (Å²) in [5, 5.41) is 28.3. The number of thioether (sulfide) groups is 1. The first-order valence-electron chi connectivity index (χ1n) is 17.8. The lowest BCUT2D eigenvalue weighted by Gasteiger charge is -2.36. The summed E-state index contributed by atoms with van der Waals surface area (Å²) in [4.78, 5) is 25.0. The molecule has 274 valence electrons. The van der Waals surface area contributed by atoms with Gasteiger partial charge < -0.3 is 36.2 Å². The number of hydrogen-bond acceptors (Lipinski definition) is 8. The fourth-order valence-corrected chi connectivity index (χ4v) is 7.11. The number of carbonyl (C=O) groups is 2. The number of nitrogen functional groups attached to an aromatic ring is 1. The average molecular weight is 733 g/mol. The second kappa shape index (κ2) is 18.5. The number of aliphatic hydroxyl groups is 1. The number of nitrogens with two attached hydrogens (primary N) is 1. The van der Waals surface area contributed by atoms with Gasteiger partial charge >= 0.3 is 0 Å². The Morgan fingerprint density at radius 1 is 0.830 bits per heavy atom. The number of hydrogen-bond donors (Lipinski definition) is 4. The van der Waals surface area contributed by atoms with Gasteiger partial charge in [0.1, 0.15) is 0 Å². The van der Waals surface area contributed by atoms with E-state index in [2.05, 4.69) is 10.6 Å². The van der Waals surface area contributed by atoms with Crippen molar-refractivity contribution in [2.45, 2.75) is 68.8 Å². The van der Waals surface area contributed by atoms with Gasteiger partial charge in [-0.05, 0) is 58.9 Å². The molecule has 2 amide bonds. The second-order valence-electron chi connectivity index (χ2n) is 12.9. The van der Waals surface area contributed by atoms with E-state index in [4.69, 9.17) is 15.2 Å². The van der Waals surface area contributed by atoms with E-state index in [1.54, 1.807) is 24.3 Å². The lowest BCUT2D eigenvalue weighted by atomic mass is 9.97. The molecule has 5 N–H and O–H groups in total. The maximum atomic E-state index is 12.7. The van der Waals surface area contributed by atoms with Crippen molar-refractivity contribution in [1.82, 2.24) is 5.32 Å². The van der Waals surface area contributed by atoms with E-state index >= 15 is 0 Å². The second-order valence-corrected chi connectivity index (χ2v) is 14.0. The average Bonchev–Trinajstić information content (AvgIpc) is 3.19. The van der Waals surface area contributed by atoms with Crippen molar-refractivity contribution in [2.75, 3.05) is 16.8 Å². The number of benzene rings is 4. The van der Waals surface area contributed by atoms with E-state index in [1.165, 1.54) is 18.0 Å². The van der Waals surface area contributed by atoms with E-state index in [0.717, 1.165) is 38.1 Å². The zero-order valence-corrected chi connectivity index (χ0v) is 30.2. The van der Waals surface area contributed by atoms with Crippen LogP contribution in [0.15, 0.2) is 126 Å². The summed E-state index contributed by atoms with van der Waals surface area (Å²) in [5.74, 6) is 0.381. The molecule has 53 heavy (non-hydrogen) atoms. The molecule has 1 aromatic heterocycles. The van der Waals surface area contributed by atoms with Gasteiger partial charge in [0.15, 0.2) is 12.5 Å².